The molecule has 1 aromatic rings. The van der Waals surface area contributed by atoms with Gasteiger partial charge in [-0.2, -0.15) is 0 Å². The Morgan fingerprint density at radius 3 is 2.56 bits per heavy atom. The molecule has 0 bridgehead atoms. The Labute approximate surface area is 153 Å². The van der Waals surface area contributed by atoms with Gasteiger partial charge in [-0.25, -0.2) is 0 Å². The SMILES string of the molecule is CC1CN(CCNC(=O)C(NC(=O)c2cccs2)C(C)C)CC(C)O1. The Balaban J connectivity index is 1.81. The number of morpholine rings is 1. The number of amides is 2. The summed E-state index contributed by atoms with van der Waals surface area (Å²) in [4.78, 5) is 27.6. The Morgan fingerprint density at radius 1 is 1.32 bits per heavy atom. The van der Waals surface area contributed by atoms with Crippen molar-refractivity contribution in [1.82, 2.24) is 15.5 Å². The molecule has 1 aliphatic heterocycles. The largest absolute Gasteiger partial charge is 0.373 e. The predicted octanol–water partition coefficient (Wildman–Crippen LogP) is 1.73. The van der Waals surface area contributed by atoms with Crippen molar-refractivity contribution in [3.8, 4) is 0 Å². The van der Waals surface area contributed by atoms with Crippen molar-refractivity contribution >= 4 is 23.2 Å². The maximum atomic E-state index is 12.5. The molecule has 140 valence electrons. The standard InChI is InChI=1S/C18H29N3O3S/c1-12(2)16(20-17(22)15-6-5-9-25-15)18(23)19-7-8-21-10-13(3)24-14(4)11-21/h5-6,9,12-14,16H,7-8,10-11H2,1-4H3,(H,19,23)(H,20,22). The summed E-state index contributed by atoms with van der Waals surface area (Å²) in [6.45, 7) is 11.1. The number of carbonyl (C=O) groups is 2. The van der Waals surface area contributed by atoms with Gasteiger partial charge in [0.25, 0.3) is 5.91 Å². The summed E-state index contributed by atoms with van der Waals surface area (Å²) in [6.07, 6.45) is 0.431. The minimum atomic E-state index is -0.530. The van der Waals surface area contributed by atoms with Crippen LogP contribution in [0.15, 0.2) is 17.5 Å². The number of thiophene rings is 1. The molecule has 0 radical (unpaired) electrons. The van der Waals surface area contributed by atoms with Crippen LogP contribution in [0, 0.1) is 5.92 Å². The Hall–Kier alpha value is -1.44. The number of ether oxygens (including phenoxy) is 1. The molecule has 25 heavy (non-hydrogen) atoms. The van der Waals surface area contributed by atoms with Crippen molar-refractivity contribution in [3.63, 3.8) is 0 Å². The summed E-state index contributed by atoms with van der Waals surface area (Å²) >= 11 is 1.37. The Morgan fingerprint density at radius 2 is 2.00 bits per heavy atom. The lowest BCUT2D eigenvalue weighted by Crippen LogP contribution is -2.52. The number of hydrogen-bond donors (Lipinski definition) is 2. The molecule has 1 aromatic heterocycles. The maximum Gasteiger partial charge on any atom is 0.262 e. The highest BCUT2D eigenvalue weighted by Gasteiger charge is 2.26. The van der Waals surface area contributed by atoms with E-state index >= 15 is 0 Å². The lowest BCUT2D eigenvalue weighted by molar-refractivity contribution is -0.124. The average molecular weight is 368 g/mol. The van der Waals surface area contributed by atoms with E-state index in [1.807, 2.05) is 25.3 Å². The van der Waals surface area contributed by atoms with Gasteiger partial charge in [0.1, 0.15) is 6.04 Å². The molecule has 2 heterocycles. The van der Waals surface area contributed by atoms with Crippen LogP contribution in [0.4, 0.5) is 0 Å². The molecule has 1 fully saturated rings. The van der Waals surface area contributed by atoms with E-state index < -0.39 is 6.04 Å². The topological polar surface area (TPSA) is 70.7 Å². The summed E-state index contributed by atoms with van der Waals surface area (Å²) < 4.78 is 5.72. The molecule has 1 aliphatic rings. The van der Waals surface area contributed by atoms with E-state index in [1.54, 1.807) is 6.07 Å². The van der Waals surface area contributed by atoms with Crippen molar-refractivity contribution in [1.29, 1.82) is 0 Å². The molecule has 0 aromatic carbocycles. The first-order valence-corrected chi connectivity index (χ1v) is 9.74. The van der Waals surface area contributed by atoms with E-state index in [1.165, 1.54) is 11.3 Å². The van der Waals surface area contributed by atoms with E-state index in [2.05, 4.69) is 29.4 Å². The molecular weight excluding hydrogens is 338 g/mol. The minimum Gasteiger partial charge on any atom is -0.373 e. The van der Waals surface area contributed by atoms with Crippen LogP contribution < -0.4 is 10.6 Å². The predicted molar refractivity (Wildman–Crippen MR) is 99.9 cm³/mol. The molecule has 6 nitrogen and oxygen atoms in total. The van der Waals surface area contributed by atoms with Crippen LogP contribution in [0.3, 0.4) is 0 Å². The molecule has 7 heteroatoms. The fourth-order valence-corrected chi connectivity index (χ4v) is 3.70. The van der Waals surface area contributed by atoms with E-state index in [0.29, 0.717) is 11.4 Å². The molecule has 1 saturated heterocycles. The van der Waals surface area contributed by atoms with E-state index in [9.17, 15) is 9.59 Å². The summed E-state index contributed by atoms with van der Waals surface area (Å²) in [5.41, 5.74) is 0. The van der Waals surface area contributed by atoms with Gasteiger partial charge in [-0.3, -0.25) is 14.5 Å². The molecule has 0 spiro atoms. The zero-order valence-corrected chi connectivity index (χ0v) is 16.3. The van der Waals surface area contributed by atoms with Crippen LogP contribution in [0.25, 0.3) is 0 Å². The quantitative estimate of drug-likeness (QED) is 0.770. The lowest BCUT2D eigenvalue weighted by Gasteiger charge is -2.35. The van der Waals surface area contributed by atoms with Gasteiger partial charge in [0.2, 0.25) is 5.91 Å². The zero-order valence-electron chi connectivity index (χ0n) is 15.5. The molecule has 2 amide bonds. The highest BCUT2D eigenvalue weighted by molar-refractivity contribution is 7.12. The first kappa shape index (κ1) is 19.9. The fraction of sp³-hybridized carbons (Fsp3) is 0.667. The zero-order chi connectivity index (χ0) is 18.4. The van der Waals surface area contributed by atoms with Gasteiger partial charge in [0.05, 0.1) is 17.1 Å². The van der Waals surface area contributed by atoms with Crippen LogP contribution in [-0.2, 0) is 9.53 Å². The average Bonchev–Trinajstić information content (AvgIpc) is 3.05. The second-order valence-corrected chi connectivity index (χ2v) is 7.93. The lowest BCUT2D eigenvalue weighted by atomic mass is 10.0. The van der Waals surface area contributed by atoms with Crippen molar-refractivity contribution in [3.05, 3.63) is 22.4 Å². The molecule has 2 N–H and O–H groups in total. The summed E-state index contributed by atoms with van der Waals surface area (Å²) in [5, 5.41) is 7.66. The summed E-state index contributed by atoms with van der Waals surface area (Å²) in [5.74, 6) is -0.304. The van der Waals surface area contributed by atoms with Gasteiger partial charge in [-0.15, -0.1) is 11.3 Å². The van der Waals surface area contributed by atoms with Gasteiger partial charge in [-0.1, -0.05) is 19.9 Å². The number of rotatable bonds is 7. The first-order valence-electron chi connectivity index (χ1n) is 8.86. The minimum absolute atomic E-state index is 0.0207. The highest BCUT2D eigenvalue weighted by Crippen LogP contribution is 2.11. The smallest absolute Gasteiger partial charge is 0.262 e. The van der Waals surface area contributed by atoms with Gasteiger partial charge < -0.3 is 15.4 Å². The second-order valence-electron chi connectivity index (χ2n) is 6.98. The molecule has 3 unspecified atom stereocenters. The maximum absolute atomic E-state index is 12.5. The van der Waals surface area contributed by atoms with Gasteiger partial charge in [0.15, 0.2) is 0 Å². The Bertz CT molecular complexity index is 552. The van der Waals surface area contributed by atoms with Crippen molar-refractivity contribution in [2.24, 2.45) is 5.92 Å². The molecular formula is C18H29N3O3S. The molecule has 0 aliphatic carbocycles. The van der Waals surface area contributed by atoms with Crippen molar-refractivity contribution in [2.45, 2.75) is 45.9 Å². The van der Waals surface area contributed by atoms with Gasteiger partial charge in [0, 0.05) is 26.2 Å². The van der Waals surface area contributed by atoms with E-state index in [4.69, 9.17) is 4.74 Å². The Kier molecular flexibility index (Phi) is 7.40. The summed E-state index contributed by atoms with van der Waals surface area (Å²) in [7, 11) is 0. The third-order valence-electron chi connectivity index (χ3n) is 4.20. The van der Waals surface area contributed by atoms with Crippen LogP contribution in [0.1, 0.15) is 37.4 Å². The molecule has 0 saturated carbocycles. The van der Waals surface area contributed by atoms with Gasteiger partial charge >= 0.3 is 0 Å². The van der Waals surface area contributed by atoms with Crippen LogP contribution in [0.5, 0.6) is 0 Å². The van der Waals surface area contributed by atoms with Crippen molar-refractivity contribution in [2.75, 3.05) is 26.2 Å². The number of carbonyl (C=O) groups excluding carboxylic acids is 2. The number of nitrogens with one attached hydrogen (secondary N) is 2. The summed E-state index contributed by atoms with van der Waals surface area (Å²) in [6, 6.07) is 3.06. The van der Waals surface area contributed by atoms with Gasteiger partial charge in [-0.05, 0) is 31.2 Å². The number of hydrogen-bond acceptors (Lipinski definition) is 5. The number of nitrogens with zero attached hydrogens (tertiary/aromatic N) is 1. The van der Waals surface area contributed by atoms with Crippen LogP contribution >= 0.6 is 11.3 Å². The molecule has 3 atom stereocenters. The first-order chi connectivity index (χ1) is 11.9. The normalized spacial score (nSPS) is 22.6. The fourth-order valence-electron chi connectivity index (χ4n) is 3.07. The van der Waals surface area contributed by atoms with Crippen molar-refractivity contribution < 1.29 is 14.3 Å². The van der Waals surface area contributed by atoms with E-state index in [0.717, 1.165) is 19.6 Å². The highest BCUT2D eigenvalue weighted by atomic mass is 32.1. The third-order valence-corrected chi connectivity index (χ3v) is 5.07. The van der Waals surface area contributed by atoms with Crippen LogP contribution in [0.2, 0.25) is 0 Å². The molecule has 2 rings (SSSR count). The van der Waals surface area contributed by atoms with Crippen LogP contribution in [-0.4, -0.2) is 61.1 Å². The van der Waals surface area contributed by atoms with E-state index in [-0.39, 0.29) is 29.9 Å². The monoisotopic (exact) mass is 367 g/mol. The second kappa shape index (κ2) is 9.31. The third kappa shape index (κ3) is 6.09.